The predicted molar refractivity (Wildman–Crippen MR) is 66.5 cm³/mol. The molecule has 0 aliphatic rings. The summed E-state index contributed by atoms with van der Waals surface area (Å²) in [4.78, 5) is 15.1. The molecule has 86 valence electrons. The normalized spacial score (nSPS) is 9.88. The van der Waals surface area contributed by atoms with Crippen molar-refractivity contribution in [2.45, 2.75) is 6.54 Å². The van der Waals surface area contributed by atoms with Crippen LogP contribution >= 0.6 is 0 Å². The zero-order valence-electron chi connectivity index (χ0n) is 9.26. The van der Waals surface area contributed by atoms with Crippen LogP contribution in [0.4, 0.5) is 5.69 Å². The first-order valence-electron chi connectivity index (χ1n) is 5.29. The van der Waals surface area contributed by atoms with Crippen LogP contribution in [0.3, 0.4) is 0 Å². The van der Waals surface area contributed by atoms with Gasteiger partial charge in [0.1, 0.15) is 0 Å². The minimum absolute atomic E-state index is 0.406. The molecule has 0 spiro atoms. The molecule has 0 aliphatic carbocycles. The summed E-state index contributed by atoms with van der Waals surface area (Å²) in [6, 6.07) is 11.7. The maximum absolute atomic E-state index is 11.2. The van der Waals surface area contributed by atoms with Crippen LogP contribution in [0.1, 0.15) is 15.9 Å². The average Bonchev–Trinajstić information content (AvgIpc) is 2.38. The first kappa shape index (κ1) is 11.1. The van der Waals surface area contributed by atoms with Crippen LogP contribution in [0.5, 0.6) is 0 Å². The fourth-order valence-electron chi connectivity index (χ4n) is 1.54. The molecule has 2 aromatic rings. The number of anilines is 1. The molecular weight excluding hydrogens is 214 g/mol. The largest absolute Gasteiger partial charge is 0.380 e. The molecule has 17 heavy (non-hydrogen) atoms. The van der Waals surface area contributed by atoms with Crippen molar-refractivity contribution in [1.29, 1.82) is 0 Å². The highest BCUT2D eigenvalue weighted by Gasteiger charge is 2.06. The van der Waals surface area contributed by atoms with E-state index in [1.807, 2.05) is 30.3 Å². The van der Waals surface area contributed by atoms with E-state index in [-0.39, 0.29) is 0 Å². The van der Waals surface area contributed by atoms with Crippen molar-refractivity contribution in [3.8, 4) is 0 Å². The van der Waals surface area contributed by atoms with Gasteiger partial charge in [0.15, 0.2) is 0 Å². The van der Waals surface area contributed by atoms with Crippen LogP contribution in [0.2, 0.25) is 0 Å². The summed E-state index contributed by atoms with van der Waals surface area (Å²) in [6.45, 7) is 0.644. The van der Waals surface area contributed by atoms with Gasteiger partial charge < -0.3 is 11.1 Å². The van der Waals surface area contributed by atoms with E-state index >= 15 is 0 Å². The minimum atomic E-state index is -0.478. The van der Waals surface area contributed by atoms with E-state index in [9.17, 15) is 4.79 Å². The van der Waals surface area contributed by atoms with Gasteiger partial charge in [0.25, 0.3) is 5.91 Å². The molecule has 0 saturated carbocycles. The Morgan fingerprint density at radius 2 is 2.00 bits per heavy atom. The smallest absolute Gasteiger partial charge is 0.252 e. The molecule has 1 amide bonds. The Morgan fingerprint density at radius 1 is 1.24 bits per heavy atom. The van der Waals surface area contributed by atoms with E-state index in [0.717, 1.165) is 5.56 Å². The summed E-state index contributed by atoms with van der Waals surface area (Å²) in [5.74, 6) is -0.478. The van der Waals surface area contributed by atoms with Crippen molar-refractivity contribution in [3.63, 3.8) is 0 Å². The number of nitrogens with zero attached hydrogens (tertiary/aromatic N) is 1. The third-order valence-electron chi connectivity index (χ3n) is 2.41. The van der Waals surface area contributed by atoms with Gasteiger partial charge in [0.2, 0.25) is 0 Å². The maximum Gasteiger partial charge on any atom is 0.252 e. The molecular formula is C13H13N3O. The van der Waals surface area contributed by atoms with Gasteiger partial charge in [0, 0.05) is 18.9 Å². The number of pyridine rings is 1. The number of amides is 1. The maximum atomic E-state index is 11.2. The van der Waals surface area contributed by atoms with Gasteiger partial charge in [-0.05, 0) is 11.6 Å². The molecule has 1 aromatic carbocycles. The number of hydrogen-bond acceptors (Lipinski definition) is 3. The van der Waals surface area contributed by atoms with Gasteiger partial charge in [-0.1, -0.05) is 30.3 Å². The fraction of sp³-hybridized carbons (Fsp3) is 0.0769. The Bertz CT molecular complexity index is 511. The van der Waals surface area contributed by atoms with Gasteiger partial charge in [-0.15, -0.1) is 0 Å². The number of hydrogen-bond donors (Lipinski definition) is 2. The van der Waals surface area contributed by atoms with Gasteiger partial charge in [-0.2, -0.15) is 0 Å². The van der Waals surface area contributed by atoms with Crippen LogP contribution in [0.15, 0.2) is 48.8 Å². The number of nitrogens with two attached hydrogens (primary N) is 1. The van der Waals surface area contributed by atoms with Crippen LogP contribution in [-0.4, -0.2) is 10.9 Å². The van der Waals surface area contributed by atoms with Crippen molar-refractivity contribution in [2.75, 3.05) is 5.32 Å². The molecule has 0 bridgehead atoms. The quantitative estimate of drug-likeness (QED) is 0.836. The summed E-state index contributed by atoms with van der Waals surface area (Å²) < 4.78 is 0. The Balaban J connectivity index is 2.12. The van der Waals surface area contributed by atoms with Crippen LogP contribution < -0.4 is 11.1 Å². The zero-order chi connectivity index (χ0) is 12.1. The summed E-state index contributed by atoms with van der Waals surface area (Å²) >= 11 is 0. The van der Waals surface area contributed by atoms with Crippen molar-refractivity contribution in [3.05, 3.63) is 59.9 Å². The summed E-state index contributed by atoms with van der Waals surface area (Å²) in [5.41, 5.74) is 7.51. The fourth-order valence-corrected chi connectivity index (χ4v) is 1.54. The van der Waals surface area contributed by atoms with E-state index in [0.29, 0.717) is 17.8 Å². The lowest BCUT2D eigenvalue weighted by Crippen LogP contribution is -2.14. The first-order valence-corrected chi connectivity index (χ1v) is 5.29. The van der Waals surface area contributed by atoms with Crippen LogP contribution in [0.25, 0.3) is 0 Å². The topological polar surface area (TPSA) is 68.0 Å². The van der Waals surface area contributed by atoms with E-state index in [2.05, 4.69) is 10.3 Å². The SMILES string of the molecule is NC(=O)c1cnccc1NCc1ccccc1. The Hall–Kier alpha value is -2.36. The molecule has 1 aromatic heterocycles. The van der Waals surface area contributed by atoms with Crippen molar-refractivity contribution < 1.29 is 4.79 Å². The highest BCUT2D eigenvalue weighted by Crippen LogP contribution is 2.14. The van der Waals surface area contributed by atoms with E-state index < -0.39 is 5.91 Å². The lowest BCUT2D eigenvalue weighted by molar-refractivity contribution is 0.100. The van der Waals surface area contributed by atoms with Crippen molar-refractivity contribution in [2.24, 2.45) is 5.73 Å². The number of rotatable bonds is 4. The second-order valence-corrected chi connectivity index (χ2v) is 3.62. The molecule has 4 nitrogen and oxygen atoms in total. The number of nitrogens with one attached hydrogen (secondary N) is 1. The second kappa shape index (κ2) is 5.12. The lowest BCUT2D eigenvalue weighted by atomic mass is 10.2. The monoisotopic (exact) mass is 227 g/mol. The molecule has 0 saturated heterocycles. The summed E-state index contributed by atoms with van der Waals surface area (Å²) in [5, 5.41) is 3.17. The van der Waals surface area contributed by atoms with Gasteiger partial charge >= 0.3 is 0 Å². The van der Waals surface area contributed by atoms with Gasteiger partial charge in [-0.3, -0.25) is 9.78 Å². The predicted octanol–water partition coefficient (Wildman–Crippen LogP) is 1.79. The number of benzene rings is 1. The van der Waals surface area contributed by atoms with E-state index in [1.54, 1.807) is 12.3 Å². The molecule has 3 N–H and O–H groups in total. The standard InChI is InChI=1S/C13H13N3O/c14-13(17)11-9-15-7-6-12(11)16-8-10-4-2-1-3-5-10/h1-7,9H,8H2,(H2,14,17)(H,15,16). The van der Waals surface area contributed by atoms with Crippen molar-refractivity contribution in [1.82, 2.24) is 4.98 Å². The molecule has 0 aliphatic heterocycles. The van der Waals surface area contributed by atoms with Crippen molar-refractivity contribution >= 4 is 11.6 Å². The second-order valence-electron chi connectivity index (χ2n) is 3.62. The van der Waals surface area contributed by atoms with E-state index in [1.165, 1.54) is 6.20 Å². The zero-order valence-corrected chi connectivity index (χ0v) is 9.26. The first-order chi connectivity index (χ1) is 8.27. The number of primary amides is 1. The highest BCUT2D eigenvalue weighted by molar-refractivity contribution is 5.98. The van der Waals surface area contributed by atoms with E-state index in [4.69, 9.17) is 5.73 Å². The molecule has 2 rings (SSSR count). The molecule has 4 heteroatoms. The summed E-state index contributed by atoms with van der Waals surface area (Å²) in [7, 11) is 0. The van der Waals surface area contributed by atoms with Crippen LogP contribution in [-0.2, 0) is 6.54 Å². The molecule has 0 unspecified atom stereocenters. The highest BCUT2D eigenvalue weighted by atomic mass is 16.1. The Morgan fingerprint density at radius 3 is 2.71 bits per heavy atom. The third kappa shape index (κ3) is 2.81. The number of aromatic nitrogens is 1. The lowest BCUT2D eigenvalue weighted by Gasteiger charge is -2.09. The minimum Gasteiger partial charge on any atom is -0.380 e. The third-order valence-corrected chi connectivity index (χ3v) is 2.41. The Kier molecular flexibility index (Phi) is 3.35. The molecule has 0 radical (unpaired) electrons. The van der Waals surface area contributed by atoms with Gasteiger partial charge in [0.05, 0.1) is 11.3 Å². The molecule has 0 atom stereocenters. The number of carbonyl (C=O) groups is 1. The molecule has 0 fully saturated rings. The molecule has 1 heterocycles. The van der Waals surface area contributed by atoms with Gasteiger partial charge in [-0.25, -0.2) is 0 Å². The number of carbonyl (C=O) groups excluding carboxylic acids is 1. The Labute approximate surface area is 99.5 Å². The average molecular weight is 227 g/mol. The summed E-state index contributed by atoms with van der Waals surface area (Å²) in [6.07, 6.45) is 3.09. The van der Waals surface area contributed by atoms with Crippen LogP contribution in [0, 0.1) is 0 Å².